The van der Waals surface area contributed by atoms with Gasteiger partial charge >= 0.3 is 5.69 Å². The molecular weight excluding hydrogens is 346 g/mol. The molecule has 1 amide bonds. The minimum Gasteiger partial charge on any atom is -0.348 e. The lowest BCUT2D eigenvalue weighted by atomic mass is 10.0. The lowest BCUT2D eigenvalue weighted by Gasteiger charge is -2.36. The first-order valence-corrected chi connectivity index (χ1v) is 8.99. The van der Waals surface area contributed by atoms with Crippen molar-refractivity contribution < 1.29 is 4.79 Å². The van der Waals surface area contributed by atoms with Crippen molar-refractivity contribution in [3.63, 3.8) is 0 Å². The van der Waals surface area contributed by atoms with Crippen LogP contribution in [0.1, 0.15) is 41.1 Å². The summed E-state index contributed by atoms with van der Waals surface area (Å²) < 4.78 is 3.42. The average Bonchev–Trinajstić information content (AvgIpc) is 3.12. The van der Waals surface area contributed by atoms with E-state index in [1.54, 1.807) is 13.0 Å². The fourth-order valence-corrected chi connectivity index (χ4v) is 3.92. The molecule has 140 valence electrons. The molecule has 0 saturated carbocycles. The Balaban J connectivity index is 1.90. The fourth-order valence-electron chi connectivity index (χ4n) is 3.92. The van der Waals surface area contributed by atoms with Crippen molar-refractivity contribution in [2.24, 2.45) is 7.05 Å². The van der Waals surface area contributed by atoms with Crippen molar-refractivity contribution >= 4 is 16.9 Å². The highest BCUT2D eigenvalue weighted by atomic mass is 16.2. The molecule has 1 N–H and O–H groups in total. The summed E-state index contributed by atoms with van der Waals surface area (Å²) in [5, 5.41) is 0.156. The zero-order valence-electron chi connectivity index (χ0n) is 15.5. The van der Waals surface area contributed by atoms with Gasteiger partial charge < -0.3 is 9.47 Å². The number of aromatic amines is 1. The number of rotatable bonds is 2. The molecule has 8 heteroatoms. The second-order valence-electron chi connectivity index (χ2n) is 6.88. The summed E-state index contributed by atoms with van der Waals surface area (Å²) in [6, 6.07) is 5.58. The number of carbonyl (C=O) groups excluding carboxylic acids is 1. The molecule has 0 radical (unpaired) electrons. The Morgan fingerprint density at radius 2 is 2.11 bits per heavy atom. The molecule has 4 rings (SSSR count). The Morgan fingerprint density at radius 1 is 1.33 bits per heavy atom. The van der Waals surface area contributed by atoms with E-state index in [1.165, 1.54) is 11.6 Å². The van der Waals surface area contributed by atoms with Gasteiger partial charge in [0.25, 0.3) is 11.5 Å². The van der Waals surface area contributed by atoms with Gasteiger partial charge in [-0.3, -0.25) is 19.1 Å². The summed E-state index contributed by atoms with van der Waals surface area (Å²) in [4.78, 5) is 46.3. The number of hydrogen-bond acceptors (Lipinski definition) is 4. The number of nitrogens with one attached hydrogen (secondary N) is 1. The molecule has 27 heavy (non-hydrogen) atoms. The molecule has 0 saturated heterocycles. The number of pyridine rings is 1. The summed E-state index contributed by atoms with van der Waals surface area (Å²) in [6.07, 6.45) is 2.79. The Labute approximate surface area is 155 Å². The number of carbonyl (C=O) groups is 1. The molecule has 0 aliphatic carbocycles. The molecule has 4 heterocycles. The van der Waals surface area contributed by atoms with Crippen LogP contribution in [0.2, 0.25) is 0 Å². The summed E-state index contributed by atoms with van der Waals surface area (Å²) in [5.41, 5.74) is 1.05. The van der Waals surface area contributed by atoms with Crippen LogP contribution in [0.5, 0.6) is 0 Å². The van der Waals surface area contributed by atoms with E-state index in [0.29, 0.717) is 18.8 Å². The van der Waals surface area contributed by atoms with E-state index in [2.05, 4.69) is 14.5 Å². The average molecular weight is 367 g/mol. The van der Waals surface area contributed by atoms with Crippen LogP contribution in [0.25, 0.3) is 11.0 Å². The molecule has 0 aromatic carbocycles. The molecule has 1 aliphatic rings. The van der Waals surface area contributed by atoms with E-state index in [0.717, 1.165) is 12.1 Å². The van der Waals surface area contributed by atoms with Gasteiger partial charge in [0.05, 0.1) is 17.0 Å². The highest BCUT2D eigenvalue weighted by molar-refractivity contribution is 6.05. The normalized spacial score (nSPS) is 16.6. The first kappa shape index (κ1) is 17.3. The van der Waals surface area contributed by atoms with Gasteiger partial charge in [-0.2, -0.15) is 0 Å². The first-order valence-electron chi connectivity index (χ1n) is 8.99. The maximum atomic E-state index is 13.5. The third kappa shape index (κ3) is 2.59. The van der Waals surface area contributed by atoms with Gasteiger partial charge in [-0.05, 0) is 31.5 Å². The Kier molecular flexibility index (Phi) is 3.98. The van der Waals surface area contributed by atoms with Crippen LogP contribution in [0.15, 0.2) is 34.0 Å². The Bertz CT molecular complexity index is 1170. The van der Waals surface area contributed by atoms with Crippen LogP contribution in [-0.4, -0.2) is 36.5 Å². The zero-order chi connectivity index (χ0) is 19.3. The summed E-state index contributed by atoms with van der Waals surface area (Å²) in [5.74, 6) is -0.214. The molecule has 0 unspecified atom stereocenters. The molecule has 8 nitrogen and oxygen atoms in total. The highest BCUT2D eigenvalue weighted by Gasteiger charge is 2.31. The van der Waals surface area contributed by atoms with Gasteiger partial charge in [0.2, 0.25) is 0 Å². The number of amides is 1. The van der Waals surface area contributed by atoms with E-state index in [1.807, 2.05) is 30.2 Å². The molecule has 0 fully saturated rings. The van der Waals surface area contributed by atoms with E-state index in [4.69, 9.17) is 0 Å². The number of H-pyrrole nitrogens is 1. The molecule has 1 atom stereocenters. The van der Waals surface area contributed by atoms with Crippen molar-refractivity contribution in [1.82, 2.24) is 24.0 Å². The van der Waals surface area contributed by atoms with Crippen molar-refractivity contribution in [2.45, 2.75) is 32.9 Å². The van der Waals surface area contributed by atoms with E-state index >= 15 is 0 Å². The number of hydrogen-bond donors (Lipinski definition) is 1. The lowest BCUT2D eigenvalue weighted by molar-refractivity contribution is 0.0619. The van der Waals surface area contributed by atoms with Crippen LogP contribution >= 0.6 is 0 Å². The molecular formula is C19H21N5O3. The van der Waals surface area contributed by atoms with E-state index < -0.39 is 11.2 Å². The molecule has 3 aromatic rings. The van der Waals surface area contributed by atoms with Gasteiger partial charge in [-0.1, -0.05) is 6.92 Å². The maximum Gasteiger partial charge on any atom is 0.329 e. The predicted molar refractivity (Wildman–Crippen MR) is 101 cm³/mol. The summed E-state index contributed by atoms with van der Waals surface area (Å²) in [6.45, 7) is 5.06. The zero-order valence-corrected chi connectivity index (χ0v) is 15.5. The smallest absolute Gasteiger partial charge is 0.329 e. The Hall–Kier alpha value is -3.16. The molecule has 1 aliphatic heterocycles. The van der Waals surface area contributed by atoms with Crippen molar-refractivity contribution in [3.05, 3.63) is 62.2 Å². The first-order chi connectivity index (χ1) is 12.9. The molecule has 0 spiro atoms. The number of nitrogens with zero attached hydrogens (tertiary/aromatic N) is 4. The minimum absolute atomic E-state index is 0.0589. The SMILES string of the molecule is CC[C@@H]1c2cccn2CCN1C(=O)c1cc(C)nc2c1c(=O)[nH]c(=O)n2C. The van der Waals surface area contributed by atoms with Crippen molar-refractivity contribution in [3.8, 4) is 0 Å². The third-order valence-corrected chi connectivity index (χ3v) is 5.24. The highest BCUT2D eigenvalue weighted by Crippen LogP contribution is 2.30. The van der Waals surface area contributed by atoms with Crippen LogP contribution in [-0.2, 0) is 13.6 Å². The number of aryl methyl sites for hydroxylation is 2. The standard InChI is InChI=1S/C19H21N5O3/c1-4-13-14-6-5-7-23(14)8-9-24(13)18(26)12-10-11(2)20-16-15(12)17(25)21-19(27)22(16)3/h5-7,10,13H,4,8-9H2,1-3H3,(H,21,25,27)/t13-/m1/s1. The predicted octanol–water partition coefficient (Wildman–Crippen LogP) is 1.34. The minimum atomic E-state index is -0.586. The van der Waals surface area contributed by atoms with Crippen LogP contribution in [0, 0.1) is 6.92 Å². The van der Waals surface area contributed by atoms with E-state index in [9.17, 15) is 14.4 Å². The number of aromatic nitrogens is 4. The molecule has 3 aromatic heterocycles. The summed E-state index contributed by atoms with van der Waals surface area (Å²) >= 11 is 0. The second kappa shape index (κ2) is 6.22. The largest absolute Gasteiger partial charge is 0.348 e. The van der Waals surface area contributed by atoms with E-state index in [-0.39, 0.29) is 28.5 Å². The fraction of sp³-hybridized carbons (Fsp3) is 0.368. The number of fused-ring (bicyclic) bond motifs is 2. The van der Waals surface area contributed by atoms with Gasteiger partial charge in [-0.15, -0.1) is 0 Å². The van der Waals surface area contributed by atoms with Crippen LogP contribution in [0.3, 0.4) is 0 Å². The lowest BCUT2D eigenvalue weighted by Crippen LogP contribution is -2.42. The van der Waals surface area contributed by atoms with Crippen LogP contribution < -0.4 is 11.2 Å². The molecule has 0 bridgehead atoms. The van der Waals surface area contributed by atoms with Crippen molar-refractivity contribution in [1.29, 1.82) is 0 Å². The van der Waals surface area contributed by atoms with Crippen LogP contribution in [0.4, 0.5) is 0 Å². The topological polar surface area (TPSA) is 93.0 Å². The Morgan fingerprint density at radius 3 is 2.85 bits per heavy atom. The van der Waals surface area contributed by atoms with Gasteiger partial charge in [0.15, 0.2) is 0 Å². The monoisotopic (exact) mass is 367 g/mol. The third-order valence-electron chi connectivity index (χ3n) is 5.24. The maximum absolute atomic E-state index is 13.5. The van der Waals surface area contributed by atoms with Crippen molar-refractivity contribution in [2.75, 3.05) is 6.54 Å². The van der Waals surface area contributed by atoms with Gasteiger partial charge in [-0.25, -0.2) is 9.78 Å². The quantitative estimate of drug-likeness (QED) is 0.740. The van der Waals surface area contributed by atoms with Gasteiger partial charge in [0, 0.05) is 37.7 Å². The second-order valence-corrected chi connectivity index (χ2v) is 6.88. The van der Waals surface area contributed by atoms with Gasteiger partial charge in [0.1, 0.15) is 5.65 Å². The summed E-state index contributed by atoms with van der Waals surface area (Å²) in [7, 11) is 1.53.